The first-order valence-corrected chi connectivity index (χ1v) is 8.15. The molecule has 0 atom stereocenters. The summed E-state index contributed by atoms with van der Waals surface area (Å²) in [6.45, 7) is 2.38. The number of aryl methyl sites for hydroxylation is 1. The molecule has 1 aliphatic rings. The second-order valence-corrected chi connectivity index (χ2v) is 6.21. The number of alkyl halides is 1. The van der Waals surface area contributed by atoms with Gasteiger partial charge < -0.3 is 15.1 Å². The van der Waals surface area contributed by atoms with Crippen molar-refractivity contribution in [2.45, 2.75) is 13.1 Å². The molecule has 0 saturated carbocycles. The summed E-state index contributed by atoms with van der Waals surface area (Å²) in [6, 6.07) is 8.76. The largest absolute Gasteiger partial charge is 0.421 e. The Morgan fingerprint density at radius 2 is 2.08 bits per heavy atom. The highest BCUT2D eigenvalue weighted by molar-refractivity contribution is 6.14. The highest BCUT2D eigenvalue weighted by Crippen LogP contribution is 2.26. The van der Waals surface area contributed by atoms with Gasteiger partial charge in [0.25, 0.3) is 0 Å². The minimum Gasteiger partial charge on any atom is -0.421 e. The molecule has 0 spiro atoms. The minimum absolute atomic E-state index is 0.251. The van der Waals surface area contributed by atoms with E-state index >= 15 is 0 Å². The van der Waals surface area contributed by atoms with Crippen molar-refractivity contribution in [3.8, 4) is 11.5 Å². The Kier molecular flexibility index (Phi) is 3.87. The fourth-order valence-electron chi connectivity index (χ4n) is 2.83. The number of rotatable bonds is 4. The monoisotopic (exact) mass is 352 g/mol. The Morgan fingerprint density at radius 3 is 2.77 bits per heavy atom. The average molecular weight is 352 g/mol. The van der Waals surface area contributed by atoms with Crippen LogP contribution >= 0.6 is 0 Å². The first-order valence-electron chi connectivity index (χ1n) is 8.15. The molecule has 1 fully saturated rings. The molecule has 1 aliphatic heterocycles. The molecule has 1 aromatic carbocycles. The smallest absolute Gasteiger partial charge is 0.247 e. The van der Waals surface area contributed by atoms with Crippen LogP contribution < -0.4 is 10.6 Å². The molecule has 7 nitrogen and oxygen atoms in total. The molecule has 3 N–H and O–H groups in total. The predicted molar refractivity (Wildman–Crippen MR) is 96.2 cm³/mol. The molecule has 0 aliphatic carbocycles. The van der Waals surface area contributed by atoms with E-state index in [1.165, 1.54) is 0 Å². The summed E-state index contributed by atoms with van der Waals surface area (Å²) in [4.78, 5) is 6.10. The second kappa shape index (κ2) is 6.21. The number of benzene rings is 1. The van der Waals surface area contributed by atoms with E-state index in [0.29, 0.717) is 53.1 Å². The van der Waals surface area contributed by atoms with Gasteiger partial charge in [-0.05, 0) is 30.3 Å². The summed E-state index contributed by atoms with van der Waals surface area (Å²) in [7, 11) is 0. The van der Waals surface area contributed by atoms with Crippen LogP contribution in [0.5, 0.6) is 0 Å². The quantitative estimate of drug-likeness (QED) is 0.552. The van der Waals surface area contributed by atoms with Crippen molar-refractivity contribution in [3.63, 3.8) is 0 Å². The van der Waals surface area contributed by atoms with Crippen molar-refractivity contribution in [3.05, 3.63) is 53.5 Å². The van der Waals surface area contributed by atoms with Gasteiger partial charge in [-0.1, -0.05) is 0 Å². The molecule has 8 heteroatoms. The van der Waals surface area contributed by atoms with Crippen LogP contribution in [-0.2, 0) is 0 Å². The molecule has 3 heterocycles. The van der Waals surface area contributed by atoms with E-state index in [9.17, 15) is 4.39 Å². The normalized spacial score (nSPS) is 14.3. The van der Waals surface area contributed by atoms with Crippen LogP contribution in [-0.4, -0.2) is 40.2 Å². The number of anilines is 2. The Labute approximate surface area is 149 Å². The number of nitrogens with two attached hydrogens (primary N) is 1. The molecule has 4 rings (SSSR count). The van der Waals surface area contributed by atoms with E-state index in [1.54, 1.807) is 43.5 Å². The van der Waals surface area contributed by atoms with Crippen LogP contribution in [0.3, 0.4) is 0 Å². The predicted octanol–water partition coefficient (Wildman–Crippen LogP) is 2.60. The number of nitrogen functional groups attached to an aromatic ring is 1. The van der Waals surface area contributed by atoms with Crippen LogP contribution in [0.15, 0.2) is 40.9 Å². The molecule has 0 bridgehead atoms. The van der Waals surface area contributed by atoms with Crippen molar-refractivity contribution in [2.24, 2.45) is 0 Å². The van der Waals surface area contributed by atoms with Crippen molar-refractivity contribution in [1.82, 2.24) is 15.2 Å². The van der Waals surface area contributed by atoms with Gasteiger partial charge in [-0.2, -0.15) is 0 Å². The molecular weight excluding hydrogens is 335 g/mol. The van der Waals surface area contributed by atoms with Gasteiger partial charge in [-0.3, -0.25) is 5.41 Å². The lowest BCUT2D eigenvalue weighted by molar-refractivity contribution is 0.273. The van der Waals surface area contributed by atoms with Gasteiger partial charge in [-0.25, -0.2) is 9.37 Å². The van der Waals surface area contributed by atoms with Crippen LogP contribution in [0, 0.1) is 12.3 Å². The number of nitrogens with one attached hydrogen (secondary N) is 1. The standard InChI is InChI=1S/C18H17FN6O/c1-10-23-24-18(26-10)12-2-3-15(20)14(6-12)17(21)11-4-5-22-16(7-11)25-8-13(19)9-25/h2-7,13,21H,8-9,20H2,1H3. The number of hydrogen-bond donors (Lipinski definition) is 2. The Bertz CT molecular complexity index is 979. The number of nitrogens with zero attached hydrogens (tertiary/aromatic N) is 4. The third-order valence-corrected chi connectivity index (χ3v) is 4.29. The molecule has 26 heavy (non-hydrogen) atoms. The van der Waals surface area contributed by atoms with Gasteiger partial charge in [0.2, 0.25) is 11.8 Å². The minimum atomic E-state index is -0.815. The van der Waals surface area contributed by atoms with Crippen LogP contribution in [0.4, 0.5) is 15.9 Å². The number of hydrogen-bond acceptors (Lipinski definition) is 7. The highest BCUT2D eigenvalue weighted by Gasteiger charge is 2.27. The zero-order valence-corrected chi connectivity index (χ0v) is 14.1. The lowest BCUT2D eigenvalue weighted by Gasteiger charge is -2.35. The van der Waals surface area contributed by atoms with E-state index in [2.05, 4.69) is 15.2 Å². The van der Waals surface area contributed by atoms with E-state index in [4.69, 9.17) is 15.6 Å². The van der Waals surface area contributed by atoms with Gasteiger partial charge >= 0.3 is 0 Å². The van der Waals surface area contributed by atoms with Gasteiger partial charge in [0, 0.05) is 35.5 Å². The zero-order valence-electron chi connectivity index (χ0n) is 14.1. The average Bonchev–Trinajstić information content (AvgIpc) is 3.05. The van der Waals surface area contributed by atoms with E-state index in [1.807, 2.05) is 4.90 Å². The third kappa shape index (κ3) is 2.90. The Hall–Kier alpha value is -3.29. The number of halogens is 1. The first-order chi connectivity index (χ1) is 12.5. The third-order valence-electron chi connectivity index (χ3n) is 4.29. The second-order valence-electron chi connectivity index (χ2n) is 6.21. The summed E-state index contributed by atoms with van der Waals surface area (Å²) < 4.78 is 18.5. The zero-order chi connectivity index (χ0) is 18.3. The molecule has 0 radical (unpaired) electrons. The molecule has 0 unspecified atom stereocenters. The van der Waals surface area contributed by atoms with E-state index in [0.717, 1.165) is 0 Å². The number of pyridine rings is 1. The van der Waals surface area contributed by atoms with Gasteiger partial charge in [-0.15, -0.1) is 10.2 Å². The maximum atomic E-state index is 13.1. The maximum Gasteiger partial charge on any atom is 0.247 e. The van der Waals surface area contributed by atoms with Crippen LogP contribution in [0.1, 0.15) is 17.0 Å². The maximum absolute atomic E-state index is 13.1. The van der Waals surface area contributed by atoms with Gasteiger partial charge in [0.1, 0.15) is 12.0 Å². The Balaban J connectivity index is 1.67. The summed E-state index contributed by atoms with van der Waals surface area (Å²) >= 11 is 0. The first kappa shape index (κ1) is 16.2. The molecular formula is C18H17FN6O. The topological polar surface area (TPSA) is 105 Å². The molecule has 2 aromatic heterocycles. The summed E-state index contributed by atoms with van der Waals surface area (Å²) in [5, 5.41) is 16.4. The highest BCUT2D eigenvalue weighted by atomic mass is 19.1. The summed E-state index contributed by atoms with van der Waals surface area (Å²) in [6.07, 6.45) is 0.803. The van der Waals surface area contributed by atoms with Crippen molar-refractivity contribution in [1.29, 1.82) is 5.41 Å². The molecule has 0 amide bonds. The number of aromatic nitrogens is 3. The molecule has 1 saturated heterocycles. The summed E-state index contributed by atoms with van der Waals surface area (Å²) in [5.41, 5.74) is 8.71. The van der Waals surface area contributed by atoms with Crippen LogP contribution in [0.2, 0.25) is 0 Å². The van der Waals surface area contributed by atoms with E-state index in [-0.39, 0.29) is 5.71 Å². The van der Waals surface area contributed by atoms with Crippen molar-refractivity contribution in [2.75, 3.05) is 23.7 Å². The lowest BCUT2D eigenvalue weighted by atomic mass is 9.99. The lowest BCUT2D eigenvalue weighted by Crippen LogP contribution is -2.48. The Morgan fingerprint density at radius 1 is 1.27 bits per heavy atom. The fourth-order valence-corrected chi connectivity index (χ4v) is 2.83. The summed E-state index contributed by atoms with van der Waals surface area (Å²) in [5.74, 6) is 1.50. The van der Waals surface area contributed by atoms with E-state index < -0.39 is 6.17 Å². The van der Waals surface area contributed by atoms with Gasteiger partial charge in [0.15, 0.2) is 0 Å². The van der Waals surface area contributed by atoms with Crippen molar-refractivity contribution < 1.29 is 8.81 Å². The van der Waals surface area contributed by atoms with Crippen LogP contribution in [0.25, 0.3) is 11.5 Å². The SMILES string of the molecule is Cc1nnc(-c2ccc(N)c(C(=N)c3ccnc(N4CC(F)C4)c3)c2)o1. The fraction of sp³-hybridized carbons (Fsp3) is 0.222. The van der Waals surface area contributed by atoms with Crippen molar-refractivity contribution >= 4 is 17.2 Å². The molecule has 3 aromatic rings. The molecule has 132 valence electrons. The van der Waals surface area contributed by atoms with Gasteiger partial charge in [0.05, 0.1) is 18.8 Å².